The van der Waals surface area contributed by atoms with E-state index in [-0.39, 0.29) is 12.2 Å². The van der Waals surface area contributed by atoms with Gasteiger partial charge in [0.25, 0.3) is 0 Å². The molecule has 2 heterocycles. The van der Waals surface area contributed by atoms with Crippen molar-refractivity contribution in [3.05, 3.63) is 101 Å². The van der Waals surface area contributed by atoms with Crippen molar-refractivity contribution in [1.82, 2.24) is 20.3 Å². The summed E-state index contributed by atoms with van der Waals surface area (Å²) in [6.45, 7) is 0.183. The fraction of sp³-hybridized carbons (Fsp3) is 0.125. The fourth-order valence-corrected chi connectivity index (χ4v) is 3.56. The summed E-state index contributed by atoms with van der Waals surface area (Å²) in [5.74, 6) is 0.651. The van der Waals surface area contributed by atoms with Crippen LogP contribution in [0.4, 0.5) is 23.7 Å². The number of hydrogen-bond donors (Lipinski definition) is 3. The predicted molar refractivity (Wildman–Crippen MR) is 123 cm³/mol. The van der Waals surface area contributed by atoms with Gasteiger partial charge in [-0.3, -0.25) is 0 Å². The average Bonchev–Trinajstić information content (AvgIpc) is 3.34. The first kappa shape index (κ1) is 23.3. The molecule has 0 atom stereocenters. The van der Waals surface area contributed by atoms with Crippen LogP contribution in [0.1, 0.15) is 22.5 Å². The molecule has 0 saturated heterocycles. The molecule has 4 rings (SSSR count). The Morgan fingerprint density at radius 3 is 2.62 bits per heavy atom. The summed E-state index contributed by atoms with van der Waals surface area (Å²) >= 11 is 5.61. The smallest absolute Gasteiger partial charge is 0.360 e. The van der Waals surface area contributed by atoms with Crippen LogP contribution in [0.5, 0.6) is 0 Å². The molecular formula is C24H19ClF3N5O. The van der Waals surface area contributed by atoms with E-state index in [0.29, 0.717) is 12.2 Å². The highest BCUT2D eigenvalue weighted by Gasteiger charge is 2.33. The van der Waals surface area contributed by atoms with Crippen molar-refractivity contribution in [3.63, 3.8) is 0 Å². The maximum Gasteiger partial charge on any atom is 0.417 e. The van der Waals surface area contributed by atoms with Gasteiger partial charge in [0.1, 0.15) is 5.82 Å². The van der Waals surface area contributed by atoms with Gasteiger partial charge in [-0.2, -0.15) is 13.2 Å². The van der Waals surface area contributed by atoms with Gasteiger partial charge < -0.3 is 15.6 Å². The van der Waals surface area contributed by atoms with Gasteiger partial charge in [0.2, 0.25) is 0 Å². The first-order valence-corrected chi connectivity index (χ1v) is 10.6. The van der Waals surface area contributed by atoms with Crippen molar-refractivity contribution < 1.29 is 18.0 Å². The van der Waals surface area contributed by atoms with Gasteiger partial charge in [-0.25, -0.2) is 14.8 Å². The highest BCUT2D eigenvalue weighted by Crippen LogP contribution is 2.36. The van der Waals surface area contributed by atoms with E-state index >= 15 is 0 Å². The van der Waals surface area contributed by atoms with E-state index < -0.39 is 22.8 Å². The molecule has 174 valence electrons. The number of aromatic amines is 1. The number of halogens is 4. The molecule has 10 heteroatoms. The molecule has 0 aliphatic carbocycles. The summed E-state index contributed by atoms with van der Waals surface area (Å²) in [5.41, 5.74) is 2.44. The van der Waals surface area contributed by atoms with Crippen LogP contribution in [0.2, 0.25) is 5.02 Å². The van der Waals surface area contributed by atoms with Crippen LogP contribution in [-0.2, 0) is 19.1 Å². The zero-order chi connectivity index (χ0) is 24.1. The number of amides is 2. The summed E-state index contributed by atoms with van der Waals surface area (Å²) in [7, 11) is 0. The van der Waals surface area contributed by atoms with Crippen LogP contribution in [0.25, 0.3) is 11.4 Å². The first-order valence-electron chi connectivity index (χ1n) is 10.2. The van der Waals surface area contributed by atoms with Crippen molar-refractivity contribution in [2.75, 3.05) is 5.32 Å². The second kappa shape index (κ2) is 9.96. The highest BCUT2D eigenvalue weighted by molar-refractivity contribution is 6.31. The average molecular weight is 486 g/mol. The number of anilines is 1. The number of nitrogens with one attached hydrogen (secondary N) is 3. The third-order valence-corrected chi connectivity index (χ3v) is 5.25. The molecule has 0 unspecified atom stereocenters. The molecule has 0 aliphatic heterocycles. The second-order valence-electron chi connectivity index (χ2n) is 7.44. The quantitative estimate of drug-likeness (QED) is 0.310. The number of H-pyrrole nitrogens is 1. The third-order valence-electron chi connectivity index (χ3n) is 4.92. The molecule has 0 spiro atoms. The standard InChI is InChI=1S/C24H19ClF3N5O/c25-19-7-6-17(13-18(19)24(26,27)28)32-23(34)31-14-16-4-1-3-15(11-16)12-22-30-10-8-21(33-22)20-5-2-9-29-20/h1-11,13,29H,12,14H2,(H2,31,32,34). The zero-order valence-electron chi connectivity index (χ0n) is 17.7. The highest BCUT2D eigenvalue weighted by atomic mass is 35.5. The van der Waals surface area contributed by atoms with Gasteiger partial charge in [0, 0.05) is 31.0 Å². The minimum absolute atomic E-state index is 0.0120. The number of rotatable bonds is 6. The summed E-state index contributed by atoms with van der Waals surface area (Å²) in [6, 6.07) is 15.7. The predicted octanol–water partition coefficient (Wildman–Crippen LogP) is 6.06. The normalized spacial score (nSPS) is 11.3. The number of aromatic nitrogens is 3. The number of carbonyl (C=O) groups excluding carboxylic acids is 1. The molecule has 2 aromatic heterocycles. The van der Waals surface area contributed by atoms with Gasteiger partial charge in [0.05, 0.1) is 22.0 Å². The van der Waals surface area contributed by atoms with Crippen molar-refractivity contribution in [1.29, 1.82) is 0 Å². The van der Waals surface area contributed by atoms with Gasteiger partial charge in [-0.1, -0.05) is 35.9 Å². The number of benzene rings is 2. The van der Waals surface area contributed by atoms with E-state index in [0.717, 1.165) is 34.6 Å². The lowest BCUT2D eigenvalue weighted by Gasteiger charge is -2.12. The van der Waals surface area contributed by atoms with E-state index in [1.165, 1.54) is 6.07 Å². The Hall–Kier alpha value is -3.85. The Balaban J connectivity index is 1.37. The topological polar surface area (TPSA) is 82.7 Å². The number of alkyl halides is 3. The molecule has 0 aliphatic rings. The molecule has 0 bridgehead atoms. The molecule has 34 heavy (non-hydrogen) atoms. The maximum absolute atomic E-state index is 13.0. The van der Waals surface area contributed by atoms with E-state index in [1.807, 2.05) is 48.7 Å². The zero-order valence-corrected chi connectivity index (χ0v) is 18.4. The lowest BCUT2D eigenvalue weighted by Crippen LogP contribution is -2.28. The monoisotopic (exact) mass is 485 g/mol. The maximum atomic E-state index is 13.0. The van der Waals surface area contributed by atoms with Gasteiger partial charge in [-0.15, -0.1) is 0 Å². The lowest BCUT2D eigenvalue weighted by atomic mass is 10.1. The second-order valence-corrected chi connectivity index (χ2v) is 7.85. The number of nitrogens with zero attached hydrogens (tertiary/aromatic N) is 2. The summed E-state index contributed by atoms with van der Waals surface area (Å²) < 4.78 is 39.0. The van der Waals surface area contributed by atoms with Gasteiger partial charge in [-0.05, 0) is 47.5 Å². The Labute approximate surface area is 198 Å². The molecule has 4 aromatic rings. The fourth-order valence-electron chi connectivity index (χ4n) is 3.33. The minimum Gasteiger partial charge on any atom is -0.360 e. The molecular weight excluding hydrogens is 467 g/mol. The van der Waals surface area contributed by atoms with Crippen molar-refractivity contribution >= 4 is 23.3 Å². The Morgan fingerprint density at radius 1 is 1.03 bits per heavy atom. The summed E-state index contributed by atoms with van der Waals surface area (Å²) in [5, 5.41) is 4.60. The Morgan fingerprint density at radius 2 is 1.85 bits per heavy atom. The van der Waals surface area contributed by atoms with Crippen LogP contribution >= 0.6 is 11.6 Å². The Bertz CT molecular complexity index is 1290. The molecule has 2 amide bonds. The minimum atomic E-state index is -4.61. The van der Waals surface area contributed by atoms with E-state index in [1.54, 1.807) is 6.20 Å². The van der Waals surface area contributed by atoms with Crippen molar-refractivity contribution in [3.8, 4) is 11.4 Å². The molecule has 3 N–H and O–H groups in total. The largest absolute Gasteiger partial charge is 0.417 e. The number of carbonyl (C=O) groups is 1. The van der Waals surface area contributed by atoms with E-state index in [9.17, 15) is 18.0 Å². The first-order chi connectivity index (χ1) is 16.3. The summed E-state index contributed by atoms with van der Waals surface area (Å²) in [6.07, 6.45) is -0.586. The van der Waals surface area contributed by atoms with E-state index in [2.05, 4.69) is 25.6 Å². The Kier molecular flexibility index (Phi) is 6.83. The van der Waals surface area contributed by atoms with Crippen molar-refractivity contribution in [2.45, 2.75) is 19.1 Å². The number of hydrogen-bond acceptors (Lipinski definition) is 3. The third kappa shape index (κ3) is 5.93. The summed E-state index contributed by atoms with van der Waals surface area (Å²) in [4.78, 5) is 24.2. The van der Waals surface area contributed by atoms with E-state index in [4.69, 9.17) is 11.6 Å². The van der Waals surface area contributed by atoms with Crippen LogP contribution in [0, 0.1) is 0 Å². The molecule has 0 saturated carbocycles. The van der Waals surface area contributed by atoms with Gasteiger partial charge in [0.15, 0.2) is 0 Å². The molecule has 0 fully saturated rings. The number of urea groups is 1. The van der Waals surface area contributed by atoms with Crippen LogP contribution < -0.4 is 10.6 Å². The van der Waals surface area contributed by atoms with Crippen LogP contribution in [-0.4, -0.2) is 21.0 Å². The van der Waals surface area contributed by atoms with Crippen molar-refractivity contribution in [2.24, 2.45) is 0 Å². The van der Waals surface area contributed by atoms with Gasteiger partial charge >= 0.3 is 12.2 Å². The lowest BCUT2D eigenvalue weighted by molar-refractivity contribution is -0.137. The van der Waals surface area contributed by atoms with Crippen LogP contribution in [0.15, 0.2) is 73.1 Å². The molecule has 6 nitrogen and oxygen atoms in total. The van der Waals surface area contributed by atoms with Crippen LogP contribution in [0.3, 0.4) is 0 Å². The molecule has 0 radical (unpaired) electrons. The SMILES string of the molecule is O=C(NCc1cccc(Cc2nccc(-c3ccc[nH]3)n2)c1)Nc1ccc(Cl)c(C(F)(F)F)c1. The molecule has 2 aromatic carbocycles.